The van der Waals surface area contributed by atoms with Crippen molar-refractivity contribution < 1.29 is 4.79 Å². The molecule has 0 amide bonds. The molecule has 1 aromatic heterocycles. The van der Waals surface area contributed by atoms with E-state index in [1.165, 1.54) is 0 Å². The van der Waals surface area contributed by atoms with Gasteiger partial charge in [-0.25, -0.2) is 4.68 Å². The van der Waals surface area contributed by atoms with Crippen molar-refractivity contribution >= 4 is 17.9 Å². The molecule has 3 nitrogen and oxygen atoms in total. The molecule has 0 saturated heterocycles. The van der Waals surface area contributed by atoms with Crippen molar-refractivity contribution in [2.75, 3.05) is 0 Å². The first kappa shape index (κ1) is 13.6. The molecule has 3 aromatic rings. The number of benzene rings is 2. The minimum Gasteiger partial charge on any atom is -0.298 e. The summed E-state index contributed by atoms with van der Waals surface area (Å²) >= 11 is 6.50. The first-order chi connectivity index (χ1) is 10.2. The van der Waals surface area contributed by atoms with Crippen LogP contribution in [0.4, 0.5) is 0 Å². The van der Waals surface area contributed by atoms with Crippen molar-refractivity contribution in [3.05, 3.63) is 71.0 Å². The monoisotopic (exact) mass is 296 g/mol. The number of aldehydes is 1. The highest BCUT2D eigenvalue weighted by Crippen LogP contribution is 2.32. The second-order valence-corrected chi connectivity index (χ2v) is 5.10. The molecule has 0 N–H and O–H groups in total. The Morgan fingerprint density at radius 1 is 1.05 bits per heavy atom. The van der Waals surface area contributed by atoms with E-state index in [0.29, 0.717) is 10.7 Å². The summed E-state index contributed by atoms with van der Waals surface area (Å²) in [6.45, 7) is 1.92. The van der Waals surface area contributed by atoms with Crippen molar-refractivity contribution in [3.63, 3.8) is 0 Å². The average Bonchev–Trinajstić information content (AvgIpc) is 2.83. The van der Waals surface area contributed by atoms with Crippen LogP contribution >= 0.6 is 11.6 Å². The molecule has 0 fully saturated rings. The molecule has 0 aliphatic rings. The highest BCUT2D eigenvalue weighted by Gasteiger charge is 2.16. The number of carbonyl (C=O) groups is 1. The Hall–Kier alpha value is -2.39. The molecule has 0 spiro atoms. The first-order valence-electron chi connectivity index (χ1n) is 6.57. The van der Waals surface area contributed by atoms with Crippen LogP contribution in [0.25, 0.3) is 16.8 Å². The Labute approximate surface area is 127 Å². The third kappa shape index (κ3) is 2.48. The van der Waals surface area contributed by atoms with E-state index in [9.17, 15) is 4.79 Å². The van der Waals surface area contributed by atoms with Gasteiger partial charge in [0.25, 0.3) is 0 Å². The molecule has 3 rings (SSSR count). The molecule has 0 aliphatic heterocycles. The highest BCUT2D eigenvalue weighted by molar-refractivity contribution is 6.32. The van der Waals surface area contributed by atoms with Gasteiger partial charge in [0.05, 0.1) is 11.4 Å². The number of halogens is 1. The van der Waals surface area contributed by atoms with Crippen molar-refractivity contribution in [2.24, 2.45) is 0 Å². The predicted molar refractivity (Wildman–Crippen MR) is 84.1 cm³/mol. The normalized spacial score (nSPS) is 10.6. The van der Waals surface area contributed by atoms with Crippen molar-refractivity contribution in [1.82, 2.24) is 9.78 Å². The lowest BCUT2D eigenvalue weighted by Gasteiger charge is -2.04. The summed E-state index contributed by atoms with van der Waals surface area (Å²) in [7, 11) is 0. The van der Waals surface area contributed by atoms with Gasteiger partial charge in [0.2, 0.25) is 0 Å². The number of hydrogen-bond donors (Lipinski definition) is 0. The molecule has 0 saturated carbocycles. The largest absolute Gasteiger partial charge is 0.298 e. The summed E-state index contributed by atoms with van der Waals surface area (Å²) in [5, 5.41) is 5.08. The Morgan fingerprint density at radius 2 is 1.71 bits per heavy atom. The van der Waals surface area contributed by atoms with E-state index in [1.54, 1.807) is 16.8 Å². The smallest absolute Gasteiger partial charge is 0.150 e. The molecule has 0 atom stereocenters. The fourth-order valence-corrected chi connectivity index (χ4v) is 2.68. The number of aromatic nitrogens is 2. The van der Waals surface area contributed by atoms with Crippen LogP contribution < -0.4 is 0 Å². The van der Waals surface area contributed by atoms with E-state index < -0.39 is 0 Å². The van der Waals surface area contributed by atoms with Gasteiger partial charge < -0.3 is 0 Å². The zero-order valence-corrected chi connectivity index (χ0v) is 12.2. The van der Waals surface area contributed by atoms with E-state index >= 15 is 0 Å². The summed E-state index contributed by atoms with van der Waals surface area (Å²) in [4.78, 5) is 10.7. The van der Waals surface area contributed by atoms with E-state index in [1.807, 2.05) is 49.4 Å². The van der Waals surface area contributed by atoms with Gasteiger partial charge >= 0.3 is 0 Å². The number of rotatable bonds is 3. The maximum Gasteiger partial charge on any atom is 0.150 e. The Morgan fingerprint density at radius 3 is 2.33 bits per heavy atom. The molecule has 21 heavy (non-hydrogen) atoms. The standard InChI is InChI=1S/C17H13ClN2O/c1-12-16(14-9-7-13(11-21)8-10-14)17(18)20(19-12)15-5-3-2-4-6-15/h2-11H,1H3. The Bertz CT molecular complexity index is 777. The number of hydrogen-bond acceptors (Lipinski definition) is 2. The molecule has 0 unspecified atom stereocenters. The third-order valence-corrected chi connectivity index (χ3v) is 3.69. The van der Waals surface area contributed by atoms with Crippen LogP contribution in [0, 0.1) is 6.92 Å². The average molecular weight is 297 g/mol. The van der Waals surface area contributed by atoms with Gasteiger partial charge in [-0.1, -0.05) is 54.1 Å². The highest BCUT2D eigenvalue weighted by atomic mass is 35.5. The second-order valence-electron chi connectivity index (χ2n) is 4.74. The second kappa shape index (κ2) is 5.54. The summed E-state index contributed by atoms with van der Waals surface area (Å²) in [6, 6.07) is 17.1. The molecule has 1 heterocycles. The summed E-state index contributed by atoms with van der Waals surface area (Å²) < 4.78 is 1.72. The number of carbonyl (C=O) groups excluding carboxylic acids is 1. The Kier molecular flexibility index (Phi) is 3.59. The van der Waals surface area contributed by atoms with Crippen LogP contribution in [-0.4, -0.2) is 16.1 Å². The van der Waals surface area contributed by atoms with Gasteiger partial charge in [-0.2, -0.15) is 5.10 Å². The van der Waals surface area contributed by atoms with Gasteiger partial charge in [0, 0.05) is 11.1 Å². The lowest BCUT2D eigenvalue weighted by Crippen LogP contribution is -1.95. The van der Waals surface area contributed by atoms with Crippen molar-refractivity contribution in [2.45, 2.75) is 6.92 Å². The minimum atomic E-state index is 0.567. The quantitative estimate of drug-likeness (QED) is 0.675. The molecule has 104 valence electrons. The fourth-order valence-electron chi connectivity index (χ4n) is 2.30. The summed E-state index contributed by atoms with van der Waals surface area (Å²) in [5.74, 6) is 0. The van der Waals surface area contributed by atoms with Gasteiger partial charge in [0.15, 0.2) is 0 Å². The number of aryl methyl sites for hydroxylation is 1. The molecule has 2 aromatic carbocycles. The van der Waals surface area contributed by atoms with E-state index in [-0.39, 0.29) is 0 Å². The Balaban J connectivity index is 2.11. The zero-order valence-electron chi connectivity index (χ0n) is 11.5. The lowest BCUT2D eigenvalue weighted by molar-refractivity contribution is 0.112. The van der Waals surface area contributed by atoms with Crippen LogP contribution in [0.5, 0.6) is 0 Å². The summed E-state index contributed by atoms with van der Waals surface area (Å²) in [5.41, 5.74) is 4.25. The number of para-hydroxylation sites is 1. The first-order valence-corrected chi connectivity index (χ1v) is 6.94. The van der Waals surface area contributed by atoms with Gasteiger partial charge in [0.1, 0.15) is 11.4 Å². The molecule has 0 aliphatic carbocycles. The van der Waals surface area contributed by atoms with Gasteiger partial charge in [-0.05, 0) is 24.6 Å². The van der Waals surface area contributed by atoms with Crippen LogP contribution in [0.2, 0.25) is 5.15 Å². The van der Waals surface area contributed by atoms with Crippen LogP contribution in [0.15, 0.2) is 54.6 Å². The minimum absolute atomic E-state index is 0.567. The predicted octanol–water partition coefficient (Wildman–Crippen LogP) is 4.31. The van der Waals surface area contributed by atoms with Gasteiger partial charge in [-0.15, -0.1) is 0 Å². The van der Waals surface area contributed by atoms with E-state index in [4.69, 9.17) is 11.6 Å². The summed E-state index contributed by atoms with van der Waals surface area (Å²) in [6.07, 6.45) is 0.825. The topological polar surface area (TPSA) is 34.9 Å². The zero-order chi connectivity index (χ0) is 14.8. The molecule has 0 bridgehead atoms. The SMILES string of the molecule is Cc1nn(-c2ccccc2)c(Cl)c1-c1ccc(C=O)cc1. The molecular formula is C17H13ClN2O. The molecule has 4 heteroatoms. The van der Waals surface area contributed by atoms with E-state index in [2.05, 4.69) is 5.10 Å². The maximum atomic E-state index is 10.7. The molecule has 0 radical (unpaired) electrons. The number of nitrogens with zero attached hydrogens (tertiary/aromatic N) is 2. The lowest BCUT2D eigenvalue weighted by atomic mass is 10.1. The van der Waals surface area contributed by atoms with E-state index in [0.717, 1.165) is 28.8 Å². The fraction of sp³-hybridized carbons (Fsp3) is 0.0588. The van der Waals surface area contributed by atoms with Crippen molar-refractivity contribution in [1.29, 1.82) is 0 Å². The maximum absolute atomic E-state index is 10.7. The van der Waals surface area contributed by atoms with Crippen LogP contribution in [-0.2, 0) is 0 Å². The molecular weight excluding hydrogens is 284 g/mol. The van der Waals surface area contributed by atoms with Gasteiger partial charge in [-0.3, -0.25) is 4.79 Å². The van der Waals surface area contributed by atoms with Crippen molar-refractivity contribution in [3.8, 4) is 16.8 Å². The third-order valence-electron chi connectivity index (χ3n) is 3.34. The van der Waals surface area contributed by atoms with Crippen LogP contribution in [0.1, 0.15) is 16.1 Å². The van der Waals surface area contributed by atoms with Crippen LogP contribution in [0.3, 0.4) is 0 Å².